The van der Waals surface area contributed by atoms with E-state index in [-0.39, 0.29) is 11.6 Å². The number of halogens is 1. The third-order valence-electron chi connectivity index (χ3n) is 2.56. The summed E-state index contributed by atoms with van der Waals surface area (Å²) in [6, 6.07) is 5.64. The van der Waals surface area contributed by atoms with Gasteiger partial charge in [-0.05, 0) is 43.5 Å². The van der Waals surface area contributed by atoms with E-state index in [0.29, 0.717) is 31.6 Å². The van der Waals surface area contributed by atoms with Gasteiger partial charge in [-0.3, -0.25) is 4.79 Å². The molecule has 0 aliphatic carbocycles. The van der Waals surface area contributed by atoms with Crippen LogP contribution in [-0.4, -0.2) is 19.0 Å². The lowest BCUT2D eigenvalue weighted by molar-refractivity contribution is 0.0936. The molecular formula is C15H19FO2. The molecule has 0 radical (unpaired) electrons. The van der Waals surface area contributed by atoms with Crippen LogP contribution in [0.3, 0.4) is 0 Å². The Bertz CT molecular complexity index is 371. The Balaban J connectivity index is 2.13. The summed E-state index contributed by atoms with van der Waals surface area (Å²) in [6.45, 7) is 4.92. The highest BCUT2D eigenvalue weighted by Gasteiger charge is 2.05. The lowest BCUT2D eigenvalue weighted by atomic mass is 10.1. The topological polar surface area (TPSA) is 26.3 Å². The van der Waals surface area contributed by atoms with Crippen molar-refractivity contribution in [1.29, 1.82) is 0 Å². The van der Waals surface area contributed by atoms with Gasteiger partial charge >= 0.3 is 0 Å². The second kappa shape index (κ2) is 8.59. The molecule has 0 amide bonds. The van der Waals surface area contributed by atoms with Crippen LogP contribution in [0.25, 0.3) is 0 Å². The summed E-state index contributed by atoms with van der Waals surface area (Å²) in [5.74, 6) is -0.290. The first-order chi connectivity index (χ1) is 8.74. The summed E-state index contributed by atoms with van der Waals surface area (Å²) in [5.41, 5.74) is 0.558. The van der Waals surface area contributed by atoms with E-state index in [4.69, 9.17) is 4.74 Å². The van der Waals surface area contributed by atoms with Crippen LogP contribution in [0.4, 0.5) is 4.39 Å². The van der Waals surface area contributed by atoms with Crippen LogP contribution in [-0.2, 0) is 4.74 Å². The SMILES string of the molecule is C=CCCCOCCCC(=O)c1ccc(F)cc1. The van der Waals surface area contributed by atoms with Crippen molar-refractivity contribution in [3.63, 3.8) is 0 Å². The third kappa shape index (κ3) is 5.73. The molecule has 0 aliphatic heterocycles. The van der Waals surface area contributed by atoms with Gasteiger partial charge in [-0.1, -0.05) is 6.08 Å². The molecule has 3 heteroatoms. The van der Waals surface area contributed by atoms with Gasteiger partial charge in [-0.15, -0.1) is 6.58 Å². The number of Topliss-reactive ketones (excluding diaryl/α,β-unsaturated/α-hetero) is 1. The molecular weight excluding hydrogens is 231 g/mol. The molecule has 0 N–H and O–H groups in total. The second-order valence-corrected chi connectivity index (χ2v) is 4.08. The van der Waals surface area contributed by atoms with Gasteiger partial charge in [-0.25, -0.2) is 4.39 Å². The predicted octanol–water partition coefficient (Wildman–Crippen LogP) is 3.77. The first-order valence-electron chi connectivity index (χ1n) is 6.21. The van der Waals surface area contributed by atoms with E-state index in [0.717, 1.165) is 12.8 Å². The molecule has 0 aromatic heterocycles. The number of ether oxygens (including phenoxy) is 1. The zero-order chi connectivity index (χ0) is 13.2. The number of unbranched alkanes of at least 4 members (excludes halogenated alkanes) is 1. The van der Waals surface area contributed by atoms with Crippen LogP contribution in [0.15, 0.2) is 36.9 Å². The van der Waals surface area contributed by atoms with E-state index in [1.54, 1.807) is 0 Å². The molecule has 18 heavy (non-hydrogen) atoms. The molecule has 0 saturated carbocycles. The van der Waals surface area contributed by atoms with Gasteiger partial charge in [0.2, 0.25) is 0 Å². The minimum absolute atomic E-state index is 0.0321. The lowest BCUT2D eigenvalue weighted by Gasteiger charge is -2.03. The largest absolute Gasteiger partial charge is 0.381 e. The van der Waals surface area contributed by atoms with Crippen LogP contribution in [0.5, 0.6) is 0 Å². The molecule has 2 nitrogen and oxygen atoms in total. The first-order valence-corrected chi connectivity index (χ1v) is 6.21. The molecule has 1 rings (SSSR count). The monoisotopic (exact) mass is 250 g/mol. The highest BCUT2D eigenvalue weighted by molar-refractivity contribution is 5.95. The smallest absolute Gasteiger partial charge is 0.162 e. The molecule has 0 aliphatic rings. The fourth-order valence-electron chi connectivity index (χ4n) is 1.55. The fourth-order valence-corrected chi connectivity index (χ4v) is 1.55. The lowest BCUT2D eigenvalue weighted by Crippen LogP contribution is -2.03. The van der Waals surface area contributed by atoms with E-state index >= 15 is 0 Å². The maximum atomic E-state index is 12.7. The van der Waals surface area contributed by atoms with Gasteiger partial charge in [0.05, 0.1) is 0 Å². The highest BCUT2D eigenvalue weighted by Crippen LogP contribution is 2.07. The maximum Gasteiger partial charge on any atom is 0.162 e. The first kappa shape index (κ1) is 14.6. The van der Waals surface area contributed by atoms with Crippen LogP contribution >= 0.6 is 0 Å². The Morgan fingerprint density at radius 1 is 1.22 bits per heavy atom. The van der Waals surface area contributed by atoms with Crippen molar-refractivity contribution >= 4 is 5.78 Å². The van der Waals surface area contributed by atoms with Crippen molar-refractivity contribution in [3.05, 3.63) is 48.3 Å². The number of carbonyl (C=O) groups excluding carboxylic acids is 1. The average Bonchev–Trinajstić information content (AvgIpc) is 2.38. The molecule has 0 atom stereocenters. The quantitative estimate of drug-likeness (QED) is 0.379. The standard InChI is InChI=1S/C15H19FO2/c1-2-3-4-11-18-12-5-6-15(17)13-7-9-14(16)10-8-13/h2,7-10H,1,3-6,11-12H2. The molecule has 0 spiro atoms. The van der Waals surface area contributed by atoms with E-state index in [2.05, 4.69) is 6.58 Å². The molecule has 1 aromatic rings. The number of rotatable bonds is 9. The number of hydrogen-bond acceptors (Lipinski definition) is 2. The zero-order valence-electron chi connectivity index (χ0n) is 10.5. The Morgan fingerprint density at radius 2 is 1.89 bits per heavy atom. The van der Waals surface area contributed by atoms with Crippen molar-refractivity contribution in [1.82, 2.24) is 0 Å². The molecule has 0 bridgehead atoms. The minimum atomic E-state index is -0.322. The van der Waals surface area contributed by atoms with Crippen molar-refractivity contribution in [3.8, 4) is 0 Å². The zero-order valence-corrected chi connectivity index (χ0v) is 10.5. The van der Waals surface area contributed by atoms with Crippen LogP contribution in [0, 0.1) is 5.82 Å². The van der Waals surface area contributed by atoms with Crippen molar-refractivity contribution in [2.24, 2.45) is 0 Å². The minimum Gasteiger partial charge on any atom is -0.381 e. The van der Waals surface area contributed by atoms with Gasteiger partial charge in [0.1, 0.15) is 5.82 Å². The molecule has 0 unspecified atom stereocenters. The molecule has 0 heterocycles. The second-order valence-electron chi connectivity index (χ2n) is 4.08. The summed E-state index contributed by atoms with van der Waals surface area (Å²) in [7, 11) is 0. The van der Waals surface area contributed by atoms with Gasteiger partial charge in [0.15, 0.2) is 5.78 Å². The Kier molecular flexibility index (Phi) is 6.96. The summed E-state index contributed by atoms with van der Waals surface area (Å²) >= 11 is 0. The normalized spacial score (nSPS) is 10.3. The number of carbonyl (C=O) groups is 1. The van der Waals surface area contributed by atoms with Crippen LogP contribution in [0.1, 0.15) is 36.0 Å². The summed E-state index contributed by atoms with van der Waals surface area (Å²) in [4.78, 5) is 11.7. The summed E-state index contributed by atoms with van der Waals surface area (Å²) in [6.07, 6.45) is 4.92. The van der Waals surface area contributed by atoms with E-state index in [1.165, 1.54) is 24.3 Å². The molecule has 0 saturated heterocycles. The fraction of sp³-hybridized carbons (Fsp3) is 0.400. The van der Waals surface area contributed by atoms with E-state index in [1.807, 2.05) is 6.08 Å². The number of benzene rings is 1. The van der Waals surface area contributed by atoms with E-state index < -0.39 is 0 Å². The number of allylic oxidation sites excluding steroid dienone is 1. The number of hydrogen-bond donors (Lipinski definition) is 0. The predicted molar refractivity (Wildman–Crippen MR) is 70.2 cm³/mol. The van der Waals surface area contributed by atoms with Crippen molar-refractivity contribution in [2.75, 3.05) is 13.2 Å². The molecule has 98 valence electrons. The van der Waals surface area contributed by atoms with Crippen molar-refractivity contribution < 1.29 is 13.9 Å². The van der Waals surface area contributed by atoms with Gasteiger partial charge in [0.25, 0.3) is 0 Å². The van der Waals surface area contributed by atoms with Gasteiger partial charge in [-0.2, -0.15) is 0 Å². The third-order valence-corrected chi connectivity index (χ3v) is 2.56. The molecule has 1 aromatic carbocycles. The van der Waals surface area contributed by atoms with Crippen LogP contribution < -0.4 is 0 Å². The van der Waals surface area contributed by atoms with Gasteiger partial charge in [0, 0.05) is 25.2 Å². The Hall–Kier alpha value is -1.48. The van der Waals surface area contributed by atoms with Gasteiger partial charge < -0.3 is 4.74 Å². The summed E-state index contributed by atoms with van der Waals surface area (Å²) in [5, 5.41) is 0. The average molecular weight is 250 g/mol. The number of ketones is 1. The maximum absolute atomic E-state index is 12.7. The highest BCUT2D eigenvalue weighted by atomic mass is 19.1. The van der Waals surface area contributed by atoms with Crippen LogP contribution in [0.2, 0.25) is 0 Å². The molecule has 0 fully saturated rings. The van der Waals surface area contributed by atoms with Crippen molar-refractivity contribution in [2.45, 2.75) is 25.7 Å². The Morgan fingerprint density at radius 3 is 2.56 bits per heavy atom. The van der Waals surface area contributed by atoms with E-state index in [9.17, 15) is 9.18 Å². The summed E-state index contributed by atoms with van der Waals surface area (Å²) < 4.78 is 18.0. The Labute approximate surface area is 107 Å².